The van der Waals surface area contributed by atoms with E-state index in [0.717, 1.165) is 15.4 Å². The monoisotopic (exact) mass is 527 g/mol. The van der Waals surface area contributed by atoms with E-state index in [1.54, 1.807) is 37.3 Å². The van der Waals surface area contributed by atoms with Crippen molar-refractivity contribution in [1.82, 2.24) is 20.1 Å². The largest absolute Gasteiger partial charge is 0.447 e. The van der Waals surface area contributed by atoms with Gasteiger partial charge < -0.3 is 10.1 Å². The van der Waals surface area contributed by atoms with E-state index in [0.29, 0.717) is 5.69 Å². The predicted molar refractivity (Wildman–Crippen MR) is 117 cm³/mol. The summed E-state index contributed by atoms with van der Waals surface area (Å²) in [7, 11) is 0. The van der Waals surface area contributed by atoms with Crippen molar-refractivity contribution >= 4 is 45.2 Å². The third-order valence-corrected chi connectivity index (χ3v) is 4.91. The molecule has 12 heteroatoms. The fraction of sp³-hybridized carbons (Fsp3) is 0.200. The van der Waals surface area contributed by atoms with Gasteiger partial charge >= 0.3 is 6.09 Å². The van der Waals surface area contributed by atoms with Crippen LogP contribution in [-0.2, 0) is 4.74 Å². The number of alkyl halides is 2. The summed E-state index contributed by atoms with van der Waals surface area (Å²) in [5.74, 6) is -0.695. The van der Waals surface area contributed by atoms with Crippen LogP contribution in [0.3, 0.4) is 0 Å². The second kappa shape index (κ2) is 10.5. The highest BCUT2D eigenvalue weighted by Crippen LogP contribution is 2.24. The molecule has 1 atom stereocenters. The van der Waals surface area contributed by atoms with Crippen LogP contribution in [0, 0.1) is 0 Å². The fourth-order valence-corrected chi connectivity index (χ4v) is 3.08. The average molecular weight is 529 g/mol. The zero-order valence-electron chi connectivity index (χ0n) is 16.6. The number of carbonyl (C=O) groups excluding carboxylic acids is 2. The number of carbonyl (C=O) groups is 2. The van der Waals surface area contributed by atoms with Crippen LogP contribution >= 0.6 is 27.5 Å². The highest BCUT2D eigenvalue weighted by atomic mass is 79.9. The van der Waals surface area contributed by atoms with Gasteiger partial charge in [0.05, 0.1) is 16.6 Å². The summed E-state index contributed by atoms with van der Waals surface area (Å²) in [5.41, 5.74) is -0.532. The molecule has 2 N–H and O–H groups in total. The van der Waals surface area contributed by atoms with E-state index in [2.05, 4.69) is 36.6 Å². The molecule has 3 aromatic rings. The maximum atomic E-state index is 13.5. The van der Waals surface area contributed by atoms with Crippen LogP contribution in [0.25, 0.3) is 5.82 Å². The summed E-state index contributed by atoms with van der Waals surface area (Å²) >= 11 is 9.32. The van der Waals surface area contributed by atoms with E-state index in [1.165, 1.54) is 12.3 Å². The Labute approximate surface area is 195 Å². The van der Waals surface area contributed by atoms with Crippen molar-refractivity contribution in [3.63, 3.8) is 0 Å². The van der Waals surface area contributed by atoms with Crippen LogP contribution in [0.5, 0.6) is 0 Å². The Morgan fingerprint density at radius 3 is 2.62 bits per heavy atom. The highest BCUT2D eigenvalue weighted by Gasteiger charge is 2.25. The van der Waals surface area contributed by atoms with Crippen LogP contribution in [0.4, 0.5) is 19.3 Å². The van der Waals surface area contributed by atoms with Gasteiger partial charge in [-0.2, -0.15) is 5.10 Å². The summed E-state index contributed by atoms with van der Waals surface area (Å²) in [6.45, 7) is 1.38. The van der Waals surface area contributed by atoms with Crippen LogP contribution in [0.2, 0.25) is 5.02 Å². The number of hydrogen-bond donors (Lipinski definition) is 2. The van der Waals surface area contributed by atoms with Gasteiger partial charge in [0.15, 0.2) is 5.82 Å². The van der Waals surface area contributed by atoms with Gasteiger partial charge in [0.25, 0.3) is 12.3 Å². The molecular formula is C20H17BrClF2N5O3. The molecule has 0 aliphatic carbocycles. The van der Waals surface area contributed by atoms with E-state index in [1.807, 2.05) is 0 Å². The van der Waals surface area contributed by atoms with Gasteiger partial charge in [-0.3, -0.25) is 10.1 Å². The third kappa shape index (κ3) is 6.01. The van der Waals surface area contributed by atoms with Gasteiger partial charge in [0.1, 0.15) is 12.3 Å². The number of pyridine rings is 1. The number of hydrogen-bond acceptors (Lipinski definition) is 5. The molecule has 0 aliphatic heterocycles. The van der Waals surface area contributed by atoms with Gasteiger partial charge in [0, 0.05) is 22.6 Å². The van der Waals surface area contributed by atoms with Crippen molar-refractivity contribution in [2.24, 2.45) is 0 Å². The minimum absolute atomic E-state index is 0.108. The maximum absolute atomic E-state index is 13.5. The van der Waals surface area contributed by atoms with Crippen LogP contribution in [-0.4, -0.2) is 39.4 Å². The van der Waals surface area contributed by atoms with Crippen molar-refractivity contribution in [2.75, 3.05) is 11.9 Å². The summed E-state index contributed by atoms with van der Waals surface area (Å²) < 4.78 is 33.8. The van der Waals surface area contributed by atoms with Crippen LogP contribution in [0.1, 0.15) is 29.4 Å². The molecule has 0 bridgehead atoms. The summed E-state index contributed by atoms with van der Waals surface area (Å²) in [4.78, 5) is 28.5. The predicted octanol–water partition coefficient (Wildman–Crippen LogP) is 4.99. The van der Waals surface area contributed by atoms with Crippen molar-refractivity contribution in [1.29, 1.82) is 0 Å². The first kappa shape index (κ1) is 23.6. The molecule has 168 valence electrons. The van der Waals surface area contributed by atoms with E-state index in [4.69, 9.17) is 16.3 Å². The second-order valence-corrected chi connectivity index (χ2v) is 7.91. The van der Waals surface area contributed by atoms with Crippen LogP contribution in [0.15, 0.2) is 53.3 Å². The van der Waals surface area contributed by atoms with E-state index < -0.39 is 30.2 Å². The van der Waals surface area contributed by atoms with Gasteiger partial charge in [-0.05, 0) is 43.3 Å². The molecule has 0 saturated carbocycles. The van der Waals surface area contributed by atoms with Crippen molar-refractivity contribution < 1.29 is 23.1 Å². The van der Waals surface area contributed by atoms with Crippen LogP contribution < -0.4 is 10.6 Å². The Morgan fingerprint density at radius 2 is 1.97 bits per heavy atom. The van der Waals surface area contributed by atoms with Gasteiger partial charge in [-0.1, -0.05) is 27.5 Å². The molecule has 8 nitrogen and oxygen atoms in total. The normalized spacial score (nSPS) is 11.8. The molecule has 0 spiro atoms. The molecule has 32 heavy (non-hydrogen) atoms. The molecule has 2 heterocycles. The smallest absolute Gasteiger partial charge is 0.411 e. The first-order valence-corrected chi connectivity index (χ1v) is 10.4. The molecule has 2 amide bonds. The lowest BCUT2D eigenvalue weighted by Gasteiger charge is -2.14. The molecule has 2 aromatic heterocycles. The lowest BCUT2D eigenvalue weighted by atomic mass is 10.2. The number of benzene rings is 1. The van der Waals surface area contributed by atoms with Gasteiger partial charge in [-0.25, -0.2) is 23.2 Å². The zero-order valence-corrected chi connectivity index (χ0v) is 18.9. The minimum Gasteiger partial charge on any atom is -0.447 e. The second-order valence-electron chi connectivity index (χ2n) is 6.59. The molecule has 0 fully saturated rings. The number of rotatable bonds is 7. The van der Waals surface area contributed by atoms with Crippen molar-refractivity contribution in [3.8, 4) is 5.82 Å². The first-order valence-electron chi connectivity index (χ1n) is 9.23. The zero-order chi connectivity index (χ0) is 23.3. The summed E-state index contributed by atoms with van der Waals surface area (Å²) in [6.07, 6.45) is -1.18. The summed E-state index contributed by atoms with van der Waals surface area (Å²) in [6, 6.07) is 9.28. The number of nitrogens with zero attached hydrogens (tertiary/aromatic N) is 3. The lowest BCUT2D eigenvalue weighted by Crippen LogP contribution is -2.37. The highest BCUT2D eigenvalue weighted by molar-refractivity contribution is 9.10. The van der Waals surface area contributed by atoms with E-state index in [9.17, 15) is 18.4 Å². The number of amides is 2. The van der Waals surface area contributed by atoms with E-state index >= 15 is 0 Å². The maximum Gasteiger partial charge on any atom is 0.411 e. The first-order chi connectivity index (χ1) is 15.2. The molecule has 0 unspecified atom stereocenters. The molecule has 0 radical (unpaired) electrons. The minimum atomic E-state index is -3.00. The molecule has 0 aliphatic rings. The van der Waals surface area contributed by atoms with Crippen molar-refractivity contribution in [3.05, 3.63) is 69.5 Å². The standard InChI is InChI=1S/C20H17BrClF2N5O3/c1-11(10-32-20(31)27-13-6-4-12(21)5-7-13)26-19(30)14-9-29(28-16(14)17(23)24)18-15(22)3-2-8-25-18/h2-9,11,17H,10H2,1H3,(H,26,30)(H,27,31)/t11-/m0/s1. The quantitative estimate of drug-likeness (QED) is 0.450. The molecular weight excluding hydrogens is 512 g/mol. The van der Waals surface area contributed by atoms with Gasteiger partial charge in [-0.15, -0.1) is 0 Å². The molecule has 1 aromatic carbocycles. The molecule has 3 rings (SSSR count). The number of nitrogens with one attached hydrogen (secondary N) is 2. The Bertz CT molecular complexity index is 1110. The fourth-order valence-electron chi connectivity index (χ4n) is 2.61. The van der Waals surface area contributed by atoms with Crippen molar-refractivity contribution in [2.45, 2.75) is 19.4 Å². The Hall–Kier alpha value is -3.05. The Morgan fingerprint density at radius 1 is 1.25 bits per heavy atom. The number of ether oxygens (including phenoxy) is 1. The lowest BCUT2D eigenvalue weighted by molar-refractivity contribution is 0.0896. The Kier molecular flexibility index (Phi) is 7.75. The Balaban J connectivity index is 1.62. The SMILES string of the molecule is C[C@@H](COC(=O)Nc1ccc(Br)cc1)NC(=O)c1cn(-c2ncccc2Cl)nc1C(F)F. The number of aromatic nitrogens is 3. The van der Waals surface area contributed by atoms with Gasteiger partial charge in [0.2, 0.25) is 0 Å². The number of halogens is 4. The van der Waals surface area contributed by atoms with E-state index in [-0.39, 0.29) is 23.0 Å². The topological polar surface area (TPSA) is 98.1 Å². The summed E-state index contributed by atoms with van der Waals surface area (Å²) in [5, 5.41) is 8.98. The third-order valence-electron chi connectivity index (χ3n) is 4.08. The average Bonchev–Trinajstić information content (AvgIpc) is 3.20. The molecule has 0 saturated heterocycles. The number of anilines is 1.